The van der Waals surface area contributed by atoms with Gasteiger partial charge in [-0.3, -0.25) is 14.5 Å². The monoisotopic (exact) mass is 375 g/mol. The van der Waals surface area contributed by atoms with Gasteiger partial charge in [-0.1, -0.05) is 53.2 Å². The lowest BCUT2D eigenvalue weighted by atomic mass is 10.2. The lowest BCUT2D eigenvalue weighted by Gasteiger charge is -2.12. The Morgan fingerprint density at radius 2 is 2.14 bits per heavy atom. The second-order valence-electron chi connectivity index (χ2n) is 4.25. The maximum atomic E-state index is 12.3. The molecule has 0 N–H and O–H groups in total. The molecule has 0 bridgehead atoms. The number of thiocarbonyl (C=S) groups is 1. The maximum Gasteiger partial charge on any atom is 0.326 e. The number of hydrogen-bond acceptors (Lipinski definition) is 5. The van der Waals surface area contributed by atoms with Gasteiger partial charge in [0, 0.05) is 0 Å². The third-order valence-corrected chi connectivity index (χ3v) is 4.82. The van der Waals surface area contributed by atoms with Crippen molar-refractivity contribution in [2.45, 2.75) is 6.92 Å². The molecule has 22 heavy (non-hydrogen) atoms. The maximum absolute atomic E-state index is 12.3. The van der Waals surface area contributed by atoms with Crippen molar-refractivity contribution in [1.82, 2.24) is 4.90 Å². The van der Waals surface area contributed by atoms with Crippen LogP contribution in [0.15, 0.2) is 23.1 Å². The first-order valence-corrected chi connectivity index (χ1v) is 8.26. The first kappa shape index (κ1) is 17.3. The van der Waals surface area contributed by atoms with E-state index in [0.29, 0.717) is 19.3 Å². The largest absolute Gasteiger partial charge is 0.465 e. The second-order valence-corrected chi connectivity index (χ2v) is 6.74. The first-order chi connectivity index (χ1) is 10.4. The van der Waals surface area contributed by atoms with Gasteiger partial charge in [0.15, 0.2) is 0 Å². The Balaban J connectivity index is 2.18. The number of thioether (sulfide) groups is 1. The molecule has 1 amide bonds. The molecule has 1 aliphatic heterocycles. The summed E-state index contributed by atoms with van der Waals surface area (Å²) >= 11 is 18.1. The fourth-order valence-corrected chi connectivity index (χ4v) is 3.29. The van der Waals surface area contributed by atoms with Crippen molar-refractivity contribution in [1.29, 1.82) is 0 Å². The van der Waals surface area contributed by atoms with E-state index in [1.165, 1.54) is 4.90 Å². The highest BCUT2D eigenvalue weighted by molar-refractivity contribution is 8.26. The van der Waals surface area contributed by atoms with Crippen molar-refractivity contribution in [2.24, 2.45) is 0 Å². The molecule has 116 valence electrons. The minimum Gasteiger partial charge on any atom is -0.465 e. The average molecular weight is 376 g/mol. The van der Waals surface area contributed by atoms with Gasteiger partial charge < -0.3 is 4.74 Å². The van der Waals surface area contributed by atoms with Crippen molar-refractivity contribution in [3.8, 4) is 0 Å². The summed E-state index contributed by atoms with van der Waals surface area (Å²) in [6.45, 7) is 1.77. The fourth-order valence-electron chi connectivity index (χ4n) is 1.73. The topological polar surface area (TPSA) is 46.6 Å². The summed E-state index contributed by atoms with van der Waals surface area (Å²) in [6, 6.07) is 5.04. The van der Waals surface area contributed by atoms with E-state index in [-0.39, 0.29) is 19.1 Å². The predicted molar refractivity (Wildman–Crippen MR) is 93.0 cm³/mol. The van der Waals surface area contributed by atoms with Crippen LogP contribution >= 0.6 is 47.2 Å². The van der Waals surface area contributed by atoms with Crippen molar-refractivity contribution >= 4 is 69.5 Å². The van der Waals surface area contributed by atoms with Crippen LogP contribution in [0.4, 0.5) is 0 Å². The van der Waals surface area contributed by atoms with Crippen LogP contribution in [0.2, 0.25) is 10.0 Å². The molecule has 0 unspecified atom stereocenters. The number of esters is 1. The van der Waals surface area contributed by atoms with Gasteiger partial charge in [-0.05, 0) is 30.7 Å². The molecule has 1 fully saturated rings. The molecule has 1 aliphatic rings. The van der Waals surface area contributed by atoms with Crippen molar-refractivity contribution < 1.29 is 14.3 Å². The number of benzene rings is 1. The molecular formula is C14H11Cl2NO3S2. The van der Waals surface area contributed by atoms with Gasteiger partial charge in [-0.2, -0.15) is 0 Å². The zero-order valence-electron chi connectivity index (χ0n) is 11.5. The third-order valence-electron chi connectivity index (χ3n) is 2.71. The zero-order valence-corrected chi connectivity index (χ0v) is 14.6. The van der Waals surface area contributed by atoms with Crippen LogP contribution in [0.25, 0.3) is 6.08 Å². The van der Waals surface area contributed by atoms with Crippen LogP contribution in [0.3, 0.4) is 0 Å². The highest BCUT2D eigenvalue weighted by atomic mass is 35.5. The fraction of sp³-hybridized carbons (Fsp3) is 0.214. The molecule has 1 saturated heterocycles. The molecule has 1 aromatic carbocycles. The van der Waals surface area contributed by atoms with E-state index in [2.05, 4.69) is 0 Å². The number of hydrogen-bond donors (Lipinski definition) is 0. The lowest BCUT2D eigenvalue weighted by Crippen LogP contribution is -2.34. The molecule has 4 nitrogen and oxygen atoms in total. The zero-order chi connectivity index (χ0) is 16.3. The van der Waals surface area contributed by atoms with Gasteiger partial charge in [-0.25, -0.2) is 0 Å². The van der Waals surface area contributed by atoms with Crippen LogP contribution < -0.4 is 0 Å². The lowest BCUT2D eigenvalue weighted by molar-refractivity contribution is -0.145. The van der Waals surface area contributed by atoms with Crippen LogP contribution in [-0.4, -0.2) is 34.2 Å². The van der Waals surface area contributed by atoms with E-state index in [1.54, 1.807) is 31.2 Å². The Bertz CT molecular complexity index is 676. The molecule has 0 aliphatic carbocycles. The van der Waals surface area contributed by atoms with E-state index in [9.17, 15) is 9.59 Å². The Morgan fingerprint density at radius 3 is 2.77 bits per heavy atom. The molecule has 0 atom stereocenters. The summed E-state index contributed by atoms with van der Waals surface area (Å²) < 4.78 is 5.15. The first-order valence-electron chi connectivity index (χ1n) is 6.28. The molecule has 0 saturated carbocycles. The Hall–Kier alpha value is -1.08. The molecule has 1 heterocycles. The average Bonchev–Trinajstić information content (AvgIpc) is 2.71. The molecule has 1 aromatic rings. The molecule has 0 radical (unpaired) electrons. The van der Waals surface area contributed by atoms with E-state index >= 15 is 0 Å². The number of carbonyl (C=O) groups is 2. The van der Waals surface area contributed by atoms with Gasteiger partial charge in [-0.15, -0.1) is 0 Å². The SMILES string of the molecule is CCOC(=O)CN1C(=O)/C(=C/c2ccc(Cl)c(Cl)c2)SC1=S. The normalized spacial score (nSPS) is 16.5. The molecule has 0 aromatic heterocycles. The summed E-state index contributed by atoms with van der Waals surface area (Å²) in [6.07, 6.45) is 1.66. The molecule has 8 heteroatoms. The van der Waals surface area contributed by atoms with Gasteiger partial charge in [0.05, 0.1) is 21.6 Å². The quantitative estimate of drug-likeness (QED) is 0.455. The summed E-state index contributed by atoms with van der Waals surface area (Å²) in [5.74, 6) is -0.816. The number of carbonyl (C=O) groups excluding carboxylic acids is 2. The number of nitrogens with zero attached hydrogens (tertiary/aromatic N) is 1. The van der Waals surface area contributed by atoms with Gasteiger partial charge in [0.1, 0.15) is 10.9 Å². The molecular weight excluding hydrogens is 365 g/mol. The minimum absolute atomic E-state index is 0.183. The predicted octanol–water partition coefficient (Wildman–Crippen LogP) is 3.76. The highest BCUT2D eigenvalue weighted by Crippen LogP contribution is 2.33. The smallest absolute Gasteiger partial charge is 0.326 e. The van der Waals surface area contributed by atoms with Gasteiger partial charge >= 0.3 is 5.97 Å². The van der Waals surface area contributed by atoms with Gasteiger partial charge in [0.25, 0.3) is 5.91 Å². The summed E-state index contributed by atoms with van der Waals surface area (Å²) in [5, 5.41) is 0.839. The van der Waals surface area contributed by atoms with Gasteiger partial charge in [0.2, 0.25) is 0 Å². The van der Waals surface area contributed by atoms with Crippen molar-refractivity contribution in [3.63, 3.8) is 0 Å². The Labute approximate surface area is 147 Å². The van der Waals surface area contributed by atoms with E-state index in [4.69, 9.17) is 40.2 Å². The van der Waals surface area contributed by atoms with E-state index in [1.807, 2.05) is 0 Å². The number of ether oxygens (including phenoxy) is 1. The Morgan fingerprint density at radius 1 is 1.41 bits per heavy atom. The molecule has 2 rings (SSSR count). The van der Waals surface area contributed by atoms with Crippen LogP contribution in [0.1, 0.15) is 12.5 Å². The van der Waals surface area contributed by atoms with Crippen LogP contribution in [-0.2, 0) is 14.3 Å². The van der Waals surface area contributed by atoms with Crippen molar-refractivity contribution in [2.75, 3.05) is 13.2 Å². The van der Waals surface area contributed by atoms with E-state index in [0.717, 1.165) is 17.3 Å². The highest BCUT2D eigenvalue weighted by Gasteiger charge is 2.33. The number of halogens is 2. The summed E-state index contributed by atoms with van der Waals surface area (Å²) in [7, 11) is 0. The van der Waals surface area contributed by atoms with E-state index < -0.39 is 5.97 Å². The standard InChI is InChI=1S/C14H11Cl2NO3S2/c1-2-20-12(18)7-17-13(19)11(22-14(17)21)6-8-3-4-9(15)10(16)5-8/h3-6H,2,7H2,1H3/b11-6-. The summed E-state index contributed by atoms with van der Waals surface area (Å²) in [5.41, 5.74) is 0.728. The summed E-state index contributed by atoms with van der Waals surface area (Å²) in [4.78, 5) is 25.4. The minimum atomic E-state index is -0.491. The van der Waals surface area contributed by atoms with Crippen LogP contribution in [0.5, 0.6) is 0 Å². The third kappa shape index (κ3) is 4.01. The number of rotatable bonds is 4. The Kier molecular flexibility index (Phi) is 5.86. The van der Waals surface area contributed by atoms with Crippen LogP contribution in [0, 0.1) is 0 Å². The number of amides is 1. The van der Waals surface area contributed by atoms with Crippen molar-refractivity contribution in [3.05, 3.63) is 38.7 Å². The molecule has 0 spiro atoms. The second kappa shape index (κ2) is 7.46.